The van der Waals surface area contributed by atoms with Crippen LogP contribution in [0.1, 0.15) is 12.0 Å². The van der Waals surface area contributed by atoms with E-state index >= 15 is 0 Å². The molecule has 1 aliphatic heterocycles. The van der Waals surface area contributed by atoms with E-state index in [0.29, 0.717) is 0 Å². The highest BCUT2D eigenvalue weighted by Gasteiger charge is 2.18. The van der Waals surface area contributed by atoms with Crippen molar-refractivity contribution in [2.45, 2.75) is 19.9 Å². The van der Waals surface area contributed by atoms with E-state index < -0.39 is 0 Å². The maximum atomic E-state index is 6.15. The van der Waals surface area contributed by atoms with Gasteiger partial charge in [-0.05, 0) is 13.3 Å². The van der Waals surface area contributed by atoms with Crippen LogP contribution >= 0.6 is 0 Å². The summed E-state index contributed by atoms with van der Waals surface area (Å²) in [6.07, 6.45) is 1.10. The van der Waals surface area contributed by atoms with Crippen molar-refractivity contribution in [2.75, 3.05) is 17.6 Å². The first-order valence-corrected chi connectivity index (χ1v) is 5.92. The van der Waals surface area contributed by atoms with Crippen molar-refractivity contribution in [1.82, 2.24) is 9.55 Å². The molecule has 0 amide bonds. The molecular weight excluding hydrogens is 212 g/mol. The average molecular weight is 228 g/mol. The summed E-state index contributed by atoms with van der Waals surface area (Å²) in [5, 5.41) is 3.28. The van der Waals surface area contributed by atoms with Gasteiger partial charge in [-0.2, -0.15) is 0 Å². The van der Waals surface area contributed by atoms with Gasteiger partial charge in [0.1, 0.15) is 11.5 Å². The number of aryl methyl sites for hydroxylation is 1. The Morgan fingerprint density at radius 2 is 2.06 bits per heavy atom. The normalized spacial score (nSPS) is 14.2. The summed E-state index contributed by atoms with van der Waals surface area (Å²) in [5.74, 6) is 1.65. The maximum Gasteiger partial charge on any atom is 0.205 e. The van der Waals surface area contributed by atoms with Crippen LogP contribution in [0.4, 0.5) is 11.8 Å². The third-order valence-corrected chi connectivity index (χ3v) is 3.17. The second-order valence-corrected chi connectivity index (χ2v) is 4.47. The Labute approximate surface area is 100 Å². The van der Waals surface area contributed by atoms with Gasteiger partial charge < -0.3 is 11.1 Å². The third-order valence-electron chi connectivity index (χ3n) is 3.17. The molecule has 2 heterocycles. The van der Waals surface area contributed by atoms with Crippen molar-refractivity contribution in [3.05, 3.63) is 29.8 Å². The number of hydrogen-bond acceptors (Lipinski definition) is 3. The number of aromatic nitrogens is 2. The van der Waals surface area contributed by atoms with Crippen molar-refractivity contribution in [3.8, 4) is 11.3 Å². The predicted octanol–water partition coefficient (Wildman–Crippen LogP) is 2.26. The van der Waals surface area contributed by atoms with Crippen LogP contribution < -0.4 is 11.1 Å². The average Bonchev–Trinajstić information content (AvgIpc) is 2.69. The maximum absolute atomic E-state index is 6.15. The molecule has 88 valence electrons. The Balaban J connectivity index is 2.09. The summed E-state index contributed by atoms with van der Waals surface area (Å²) in [7, 11) is 0. The number of nitrogens with zero attached hydrogens (tertiary/aromatic N) is 2. The molecule has 0 radical (unpaired) electrons. The topological polar surface area (TPSA) is 55.9 Å². The van der Waals surface area contributed by atoms with E-state index in [2.05, 4.69) is 46.1 Å². The first kappa shape index (κ1) is 10.2. The highest BCUT2D eigenvalue weighted by Crippen LogP contribution is 2.30. The van der Waals surface area contributed by atoms with Gasteiger partial charge in [0.05, 0.1) is 0 Å². The fourth-order valence-corrected chi connectivity index (χ4v) is 2.19. The molecule has 0 aliphatic carbocycles. The molecule has 0 spiro atoms. The molecule has 0 bridgehead atoms. The predicted molar refractivity (Wildman–Crippen MR) is 69.9 cm³/mol. The zero-order valence-electron chi connectivity index (χ0n) is 9.90. The number of benzene rings is 1. The SMILES string of the molecule is Cc1ccc(-c2nc3n(c2N)CCCN3)cc1. The second kappa shape index (κ2) is 3.80. The van der Waals surface area contributed by atoms with Gasteiger partial charge >= 0.3 is 0 Å². The summed E-state index contributed by atoms with van der Waals surface area (Å²) >= 11 is 0. The van der Waals surface area contributed by atoms with Gasteiger partial charge in [0.15, 0.2) is 0 Å². The third kappa shape index (κ3) is 1.65. The Bertz CT molecular complexity index is 539. The Morgan fingerprint density at radius 1 is 1.29 bits per heavy atom. The van der Waals surface area contributed by atoms with Gasteiger partial charge in [0.2, 0.25) is 5.95 Å². The Kier molecular flexibility index (Phi) is 2.28. The molecule has 0 saturated carbocycles. The first-order valence-electron chi connectivity index (χ1n) is 5.92. The van der Waals surface area contributed by atoms with Gasteiger partial charge in [-0.25, -0.2) is 4.98 Å². The quantitative estimate of drug-likeness (QED) is 0.787. The van der Waals surface area contributed by atoms with Crippen LogP contribution in [-0.2, 0) is 6.54 Å². The molecule has 0 fully saturated rings. The molecule has 0 unspecified atom stereocenters. The number of hydrogen-bond donors (Lipinski definition) is 2. The van der Waals surface area contributed by atoms with Crippen LogP contribution in [0.5, 0.6) is 0 Å². The first-order chi connectivity index (χ1) is 8.25. The summed E-state index contributed by atoms with van der Waals surface area (Å²) in [6, 6.07) is 8.31. The lowest BCUT2D eigenvalue weighted by Crippen LogP contribution is -2.18. The minimum atomic E-state index is 0.760. The summed E-state index contributed by atoms with van der Waals surface area (Å²) in [5.41, 5.74) is 9.36. The van der Waals surface area contributed by atoms with E-state index in [4.69, 9.17) is 5.73 Å². The molecule has 0 saturated heterocycles. The van der Waals surface area contributed by atoms with Gasteiger partial charge in [-0.3, -0.25) is 4.57 Å². The van der Waals surface area contributed by atoms with E-state index in [-0.39, 0.29) is 0 Å². The fraction of sp³-hybridized carbons (Fsp3) is 0.308. The summed E-state index contributed by atoms with van der Waals surface area (Å²) in [4.78, 5) is 4.58. The summed E-state index contributed by atoms with van der Waals surface area (Å²) in [6.45, 7) is 4.00. The standard InChI is InChI=1S/C13H16N4/c1-9-3-5-10(6-4-9)11-12(14)17-8-2-7-15-13(17)16-11/h3-6H,2,7-8,14H2,1H3,(H,15,16). The molecule has 0 atom stereocenters. The van der Waals surface area contributed by atoms with Crippen LogP contribution in [0.2, 0.25) is 0 Å². The van der Waals surface area contributed by atoms with E-state index in [1.54, 1.807) is 0 Å². The van der Waals surface area contributed by atoms with Crippen molar-refractivity contribution >= 4 is 11.8 Å². The molecule has 1 aliphatic rings. The van der Waals surface area contributed by atoms with E-state index in [9.17, 15) is 0 Å². The highest BCUT2D eigenvalue weighted by molar-refractivity contribution is 5.73. The van der Waals surface area contributed by atoms with Crippen LogP contribution in [0, 0.1) is 6.92 Å². The largest absolute Gasteiger partial charge is 0.383 e. The van der Waals surface area contributed by atoms with E-state index in [1.165, 1.54) is 5.56 Å². The zero-order chi connectivity index (χ0) is 11.8. The number of anilines is 2. The number of nitrogen functional groups attached to an aromatic ring is 1. The fourth-order valence-electron chi connectivity index (χ4n) is 2.19. The van der Waals surface area contributed by atoms with Crippen LogP contribution in [-0.4, -0.2) is 16.1 Å². The van der Waals surface area contributed by atoms with Crippen molar-refractivity contribution in [3.63, 3.8) is 0 Å². The van der Waals surface area contributed by atoms with Crippen molar-refractivity contribution in [2.24, 2.45) is 0 Å². The van der Waals surface area contributed by atoms with Gasteiger partial charge in [0.25, 0.3) is 0 Å². The Morgan fingerprint density at radius 3 is 2.76 bits per heavy atom. The molecule has 4 heteroatoms. The number of imidazole rings is 1. The molecule has 3 rings (SSSR count). The lowest BCUT2D eigenvalue weighted by atomic mass is 10.1. The minimum absolute atomic E-state index is 0.760. The minimum Gasteiger partial charge on any atom is -0.383 e. The molecular formula is C13H16N4. The van der Waals surface area contributed by atoms with Gasteiger partial charge in [0, 0.05) is 18.7 Å². The smallest absolute Gasteiger partial charge is 0.205 e. The van der Waals surface area contributed by atoms with Crippen LogP contribution in [0.15, 0.2) is 24.3 Å². The number of nitrogens with two attached hydrogens (primary N) is 1. The monoisotopic (exact) mass is 228 g/mol. The van der Waals surface area contributed by atoms with Crippen molar-refractivity contribution < 1.29 is 0 Å². The molecule has 2 aromatic rings. The molecule has 4 nitrogen and oxygen atoms in total. The highest BCUT2D eigenvalue weighted by atomic mass is 15.3. The Hall–Kier alpha value is -1.97. The number of nitrogens with one attached hydrogen (secondary N) is 1. The van der Waals surface area contributed by atoms with Crippen molar-refractivity contribution in [1.29, 1.82) is 0 Å². The number of fused-ring (bicyclic) bond motifs is 1. The van der Waals surface area contributed by atoms with E-state index in [0.717, 1.165) is 42.5 Å². The molecule has 1 aromatic heterocycles. The molecule has 1 aromatic carbocycles. The molecule has 3 N–H and O–H groups in total. The van der Waals surface area contributed by atoms with E-state index in [1.807, 2.05) is 0 Å². The van der Waals surface area contributed by atoms with Gasteiger partial charge in [-0.15, -0.1) is 0 Å². The lowest BCUT2D eigenvalue weighted by Gasteiger charge is -2.15. The summed E-state index contributed by atoms with van der Waals surface area (Å²) < 4.78 is 2.05. The lowest BCUT2D eigenvalue weighted by molar-refractivity contribution is 0.634. The van der Waals surface area contributed by atoms with Gasteiger partial charge in [-0.1, -0.05) is 29.8 Å². The van der Waals surface area contributed by atoms with Crippen LogP contribution in [0.25, 0.3) is 11.3 Å². The molecule has 17 heavy (non-hydrogen) atoms. The second-order valence-electron chi connectivity index (χ2n) is 4.47. The zero-order valence-corrected chi connectivity index (χ0v) is 9.90. The number of rotatable bonds is 1. The van der Waals surface area contributed by atoms with Crippen LogP contribution in [0.3, 0.4) is 0 Å².